The van der Waals surface area contributed by atoms with Crippen molar-refractivity contribution in [1.82, 2.24) is 4.98 Å². The Bertz CT molecular complexity index is 648. The second-order valence-electron chi connectivity index (χ2n) is 5.36. The van der Waals surface area contributed by atoms with E-state index < -0.39 is 0 Å². The summed E-state index contributed by atoms with van der Waals surface area (Å²) in [6.45, 7) is 4.09. The molecule has 1 aliphatic heterocycles. The number of carbonyl (C=O) groups is 1. The molecular formula is C17H19N3O. The summed E-state index contributed by atoms with van der Waals surface area (Å²) in [5, 5.41) is 2.92. The molecule has 2 aromatic rings. The van der Waals surface area contributed by atoms with Crippen LogP contribution in [0.25, 0.3) is 0 Å². The molecule has 0 unspecified atom stereocenters. The van der Waals surface area contributed by atoms with E-state index in [1.54, 1.807) is 6.20 Å². The van der Waals surface area contributed by atoms with Crippen LogP contribution in [0.3, 0.4) is 0 Å². The molecule has 0 radical (unpaired) electrons. The zero-order valence-corrected chi connectivity index (χ0v) is 12.2. The molecule has 0 saturated carbocycles. The van der Waals surface area contributed by atoms with Crippen molar-refractivity contribution in [1.29, 1.82) is 0 Å². The predicted octanol–water partition coefficient (Wildman–Crippen LogP) is 3.24. The second kappa shape index (κ2) is 5.95. The Morgan fingerprint density at radius 1 is 1.19 bits per heavy atom. The third-order valence-electron chi connectivity index (χ3n) is 3.84. The molecule has 1 amide bonds. The third-order valence-corrected chi connectivity index (χ3v) is 3.84. The first-order valence-corrected chi connectivity index (χ1v) is 7.32. The van der Waals surface area contributed by atoms with E-state index in [2.05, 4.69) is 15.2 Å². The van der Waals surface area contributed by atoms with Crippen molar-refractivity contribution in [2.75, 3.05) is 23.3 Å². The van der Waals surface area contributed by atoms with Gasteiger partial charge in [-0.2, -0.15) is 0 Å². The van der Waals surface area contributed by atoms with Gasteiger partial charge in [-0.3, -0.25) is 9.78 Å². The van der Waals surface area contributed by atoms with Gasteiger partial charge in [-0.15, -0.1) is 0 Å². The van der Waals surface area contributed by atoms with Gasteiger partial charge in [-0.25, -0.2) is 0 Å². The van der Waals surface area contributed by atoms with Gasteiger partial charge >= 0.3 is 0 Å². The van der Waals surface area contributed by atoms with Crippen LogP contribution in [-0.4, -0.2) is 24.0 Å². The van der Waals surface area contributed by atoms with Gasteiger partial charge in [-0.05, 0) is 43.5 Å². The van der Waals surface area contributed by atoms with E-state index >= 15 is 0 Å². The van der Waals surface area contributed by atoms with Crippen molar-refractivity contribution < 1.29 is 4.79 Å². The first-order chi connectivity index (χ1) is 10.2. The van der Waals surface area contributed by atoms with Crippen LogP contribution >= 0.6 is 0 Å². The molecule has 2 heterocycles. The van der Waals surface area contributed by atoms with Gasteiger partial charge in [0, 0.05) is 30.7 Å². The van der Waals surface area contributed by atoms with Crippen molar-refractivity contribution >= 4 is 17.3 Å². The van der Waals surface area contributed by atoms with E-state index in [9.17, 15) is 4.79 Å². The lowest BCUT2D eigenvalue weighted by molar-refractivity contribution is 0.102. The van der Waals surface area contributed by atoms with Gasteiger partial charge in [0.2, 0.25) is 0 Å². The van der Waals surface area contributed by atoms with Gasteiger partial charge in [0.15, 0.2) is 0 Å². The zero-order valence-electron chi connectivity index (χ0n) is 12.2. The van der Waals surface area contributed by atoms with Gasteiger partial charge < -0.3 is 10.2 Å². The van der Waals surface area contributed by atoms with Crippen LogP contribution in [0, 0.1) is 6.92 Å². The molecule has 4 nitrogen and oxygen atoms in total. The Hall–Kier alpha value is -2.36. The number of carbonyl (C=O) groups excluding carboxylic acids is 1. The first-order valence-electron chi connectivity index (χ1n) is 7.32. The van der Waals surface area contributed by atoms with Crippen molar-refractivity contribution in [3.63, 3.8) is 0 Å². The molecule has 3 rings (SSSR count). The Labute approximate surface area is 124 Å². The lowest BCUT2D eigenvalue weighted by atomic mass is 10.2. The average molecular weight is 281 g/mol. The second-order valence-corrected chi connectivity index (χ2v) is 5.36. The minimum Gasteiger partial charge on any atom is -0.371 e. The first kappa shape index (κ1) is 13.6. The number of anilines is 2. The summed E-state index contributed by atoms with van der Waals surface area (Å²) in [5.74, 6) is -0.162. The zero-order chi connectivity index (χ0) is 14.7. The average Bonchev–Trinajstić information content (AvgIpc) is 3.04. The van der Waals surface area contributed by atoms with Crippen LogP contribution in [-0.2, 0) is 0 Å². The summed E-state index contributed by atoms with van der Waals surface area (Å²) >= 11 is 0. The minimum atomic E-state index is -0.162. The van der Waals surface area contributed by atoms with E-state index in [0.29, 0.717) is 5.69 Å². The molecule has 0 spiro atoms. The predicted molar refractivity (Wildman–Crippen MR) is 84.8 cm³/mol. The highest BCUT2D eigenvalue weighted by atomic mass is 16.1. The molecule has 1 aliphatic rings. The van der Waals surface area contributed by atoms with Gasteiger partial charge in [0.1, 0.15) is 5.69 Å². The van der Waals surface area contributed by atoms with E-state index in [1.165, 1.54) is 12.8 Å². The van der Waals surface area contributed by atoms with Crippen LogP contribution in [0.15, 0.2) is 42.6 Å². The van der Waals surface area contributed by atoms with Crippen LogP contribution in [0.2, 0.25) is 0 Å². The molecule has 0 bridgehead atoms. The quantitative estimate of drug-likeness (QED) is 0.939. The molecule has 0 atom stereocenters. The summed E-state index contributed by atoms with van der Waals surface area (Å²) in [5.41, 5.74) is 3.41. The number of nitrogens with one attached hydrogen (secondary N) is 1. The number of hydrogen-bond donors (Lipinski definition) is 1. The largest absolute Gasteiger partial charge is 0.371 e. The van der Waals surface area contributed by atoms with Crippen molar-refractivity contribution in [3.8, 4) is 0 Å². The van der Waals surface area contributed by atoms with Crippen molar-refractivity contribution in [2.45, 2.75) is 19.8 Å². The summed E-state index contributed by atoms with van der Waals surface area (Å²) in [6, 6.07) is 11.6. The number of aromatic nitrogens is 1. The molecular weight excluding hydrogens is 262 g/mol. The monoisotopic (exact) mass is 281 g/mol. The smallest absolute Gasteiger partial charge is 0.274 e. The van der Waals surface area contributed by atoms with E-state index in [4.69, 9.17) is 0 Å². The maximum absolute atomic E-state index is 12.3. The molecule has 4 heteroatoms. The SMILES string of the molecule is Cc1ccccc1NC(=O)c1cc(N2CCCC2)ccn1. The molecule has 0 aliphatic carbocycles. The third kappa shape index (κ3) is 3.05. The summed E-state index contributed by atoms with van der Waals surface area (Å²) in [6.07, 6.45) is 4.14. The summed E-state index contributed by atoms with van der Waals surface area (Å²) in [4.78, 5) is 18.8. The van der Waals surface area contributed by atoms with E-state index in [0.717, 1.165) is 30.0 Å². The number of benzene rings is 1. The topological polar surface area (TPSA) is 45.2 Å². The standard InChI is InChI=1S/C17H19N3O/c1-13-6-2-3-7-15(13)19-17(21)16-12-14(8-9-18-16)20-10-4-5-11-20/h2-3,6-9,12H,4-5,10-11H2,1H3,(H,19,21). The number of aryl methyl sites for hydroxylation is 1. The van der Waals surface area contributed by atoms with E-state index in [-0.39, 0.29) is 5.91 Å². The Kier molecular flexibility index (Phi) is 3.86. The fourth-order valence-electron chi connectivity index (χ4n) is 2.62. The number of rotatable bonds is 3. The maximum atomic E-state index is 12.3. The van der Waals surface area contributed by atoms with Crippen molar-refractivity contribution in [3.05, 3.63) is 53.9 Å². The highest BCUT2D eigenvalue weighted by Gasteiger charge is 2.15. The van der Waals surface area contributed by atoms with Crippen LogP contribution in [0.5, 0.6) is 0 Å². The molecule has 1 aromatic heterocycles. The maximum Gasteiger partial charge on any atom is 0.274 e. The Morgan fingerprint density at radius 3 is 2.71 bits per heavy atom. The number of amides is 1. The highest BCUT2D eigenvalue weighted by molar-refractivity contribution is 6.03. The minimum absolute atomic E-state index is 0.162. The molecule has 1 aromatic carbocycles. The fraction of sp³-hybridized carbons (Fsp3) is 0.294. The van der Waals surface area contributed by atoms with Crippen LogP contribution in [0.4, 0.5) is 11.4 Å². The van der Waals surface area contributed by atoms with Gasteiger partial charge in [0.05, 0.1) is 0 Å². The number of para-hydroxylation sites is 1. The number of hydrogen-bond acceptors (Lipinski definition) is 3. The summed E-state index contributed by atoms with van der Waals surface area (Å²) in [7, 11) is 0. The lowest BCUT2D eigenvalue weighted by Gasteiger charge is -2.17. The molecule has 1 fully saturated rings. The molecule has 1 saturated heterocycles. The highest BCUT2D eigenvalue weighted by Crippen LogP contribution is 2.21. The molecule has 108 valence electrons. The van der Waals surface area contributed by atoms with Crippen LogP contribution < -0.4 is 10.2 Å². The fourth-order valence-corrected chi connectivity index (χ4v) is 2.62. The van der Waals surface area contributed by atoms with E-state index in [1.807, 2.05) is 43.3 Å². The number of nitrogens with zero attached hydrogens (tertiary/aromatic N) is 2. The van der Waals surface area contributed by atoms with Gasteiger partial charge in [-0.1, -0.05) is 18.2 Å². The van der Waals surface area contributed by atoms with Crippen molar-refractivity contribution in [2.24, 2.45) is 0 Å². The lowest BCUT2D eigenvalue weighted by Crippen LogP contribution is -2.19. The molecule has 1 N–H and O–H groups in total. The van der Waals surface area contributed by atoms with Gasteiger partial charge in [0.25, 0.3) is 5.91 Å². The Balaban J connectivity index is 1.78. The Morgan fingerprint density at radius 2 is 1.95 bits per heavy atom. The summed E-state index contributed by atoms with van der Waals surface area (Å²) < 4.78 is 0. The number of pyridine rings is 1. The van der Waals surface area contributed by atoms with Crippen LogP contribution in [0.1, 0.15) is 28.9 Å². The normalized spacial score (nSPS) is 14.2. The molecule has 21 heavy (non-hydrogen) atoms.